The van der Waals surface area contributed by atoms with Gasteiger partial charge in [0.2, 0.25) is 5.91 Å². The van der Waals surface area contributed by atoms with Crippen molar-refractivity contribution in [3.63, 3.8) is 0 Å². The summed E-state index contributed by atoms with van der Waals surface area (Å²) in [6, 6.07) is 4.04. The summed E-state index contributed by atoms with van der Waals surface area (Å²) < 4.78 is 3.42. The van der Waals surface area contributed by atoms with Gasteiger partial charge in [-0.1, -0.05) is 6.07 Å². The Morgan fingerprint density at radius 1 is 1.14 bits per heavy atom. The first-order chi connectivity index (χ1) is 14.1. The maximum Gasteiger partial charge on any atom is 0.255 e. The van der Waals surface area contributed by atoms with E-state index >= 15 is 0 Å². The molecule has 0 unspecified atom stereocenters. The average Bonchev–Trinajstić information content (AvgIpc) is 3.24. The fourth-order valence-corrected chi connectivity index (χ4v) is 4.01. The normalized spacial score (nSPS) is 21.0. The van der Waals surface area contributed by atoms with E-state index in [0.29, 0.717) is 11.5 Å². The lowest BCUT2D eigenvalue weighted by Crippen LogP contribution is -2.54. The zero-order valence-electron chi connectivity index (χ0n) is 16.3. The number of aromatic nitrogens is 4. The van der Waals surface area contributed by atoms with Crippen molar-refractivity contribution in [3.05, 3.63) is 53.6 Å². The molecule has 0 spiro atoms. The predicted molar refractivity (Wildman–Crippen MR) is 107 cm³/mol. The number of rotatable bonds is 6. The molecule has 2 saturated carbocycles. The van der Waals surface area contributed by atoms with E-state index < -0.39 is 0 Å². The molecular weight excluding hydrogens is 368 g/mol. The molecule has 2 fully saturated rings. The van der Waals surface area contributed by atoms with E-state index in [9.17, 15) is 9.59 Å². The first-order valence-corrected chi connectivity index (χ1v) is 10.1. The van der Waals surface area contributed by atoms with Crippen LogP contribution in [-0.4, -0.2) is 43.3 Å². The van der Waals surface area contributed by atoms with Crippen LogP contribution in [0.4, 0.5) is 0 Å². The highest BCUT2D eigenvalue weighted by atomic mass is 16.2. The number of pyridine rings is 1. The van der Waals surface area contributed by atoms with Crippen LogP contribution in [0.1, 0.15) is 53.1 Å². The number of carbonyl (C=O) groups is 2. The predicted octanol–water partition coefficient (Wildman–Crippen LogP) is 1.79. The van der Waals surface area contributed by atoms with Gasteiger partial charge in [-0.15, -0.1) is 0 Å². The largest absolute Gasteiger partial charge is 0.352 e. The van der Waals surface area contributed by atoms with Gasteiger partial charge in [-0.05, 0) is 55.7 Å². The molecule has 150 valence electrons. The van der Waals surface area contributed by atoms with Crippen molar-refractivity contribution in [2.45, 2.75) is 57.2 Å². The molecule has 0 radical (unpaired) electrons. The van der Waals surface area contributed by atoms with E-state index in [4.69, 9.17) is 0 Å². The van der Waals surface area contributed by atoms with Gasteiger partial charge in [0.05, 0.1) is 23.5 Å². The monoisotopic (exact) mass is 392 g/mol. The van der Waals surface area contributed by atoms with Crippen LogP contribution in [0.25, 0.3) is 5.52 Å². The Morgan fingerprint density at radius 3 is 2.72 bits per heavy atom. The average molecular weight is 392 g/mol. The van der Waals surface area contributed by atoms with Crippen LogP contribution in [0.5, 0.6) is 0 Å². The summed E-state index contributed by atoms with van der Waals surface area (Å²) in [5, 5.41) is 14.6. The molecule has 2 aliphatic carbocycles. The molecule has 2 amide bonds. The molecule has 2 N–H and O–H groups in total. The Morgan fingerprint density at radius 2 is 1.93 bits per heavy atom. The number of hydrogen-bond donors (Lipinski definition) is 2. The first kappa shape index (κ1) is 17.9. The first-order valence-electron chi connectivity index (χ1n) is 10.1. The van der Waals surface area contributed by atoms with Gasteiger partial charge in [-0.3, -0.25) is 14.3 Å². The number of amides is 2. The van der Waals surface area contributed by atoms with Crippen LogP contribution in [-0.2, 0) is 11.3 Å². The zero-order valence-corrected chi connectivity index (χ0v) is 16.3. The second-order valence-corrected chi connectivity index (χ2v) is 8.19. The topological polar surface area (TPSA) is 93.3 Å². The summed E-state index contributed by atoms with van der Waals surface area (Å²) in [6.07, 6.45) is 11.2. The second kappa shape index (κ2) is 7.02. The summed E-state index contributed by atoms with van der Waals surface area (Å²) in [6.45, 7) is 2.21. The summed E-state index contributed by atoms with van der Waals surface area (Å²) in [7, 11) is 0. The highest BCUT2D eigenvalue weighted by molar-refractivity contribution is 6.01. The highest BCUT2D eigenvalue weighted by Gasteiger charge is 2.32. The fourth-order valence-electron chi connectivity index (χ4n) is 4.01. The molecule has 0 bridgehead atoms. The van der Waals surface area contributed by atoms with Crippen molar-refractivity contribution in [2.24, 2.45) is 0 Å². The van der Waals surface area contributed by atoms with Gasteiger partial charge in [-0.25, -0.2) is 4.52 Å². The van der Waals surface area contributed by atoms with Crippen LogP contribution in [0.3, 0.4) is 0 Å². The lowest BCUT2D eigenvalue weighted by atomic mass is 9.86. The van der Waals surface area contributed by atoms with Gasteiger partial charge in [0.25, 0.3) is 5.91 Å². The van der Waals surface area contributed by atoms with Crippen molar-refractivity contribution in [1.29, 1.82) is 0 Å². The maximum atomic E-state index is 12.6. The van der Waals surface area contributed by atoms with Crippen LogP contribution in [0, 0.1) is 6.92 Å². The van der Waals surface area contributed by atoms with Gasteiger partial charge in [0.1, 0.15) is 6.54 Å². The Bertz CT molecular complexity index is 1070. The van der Waals surface area contributed by atoms with E-state index in [2.05, 4.69) is 20.8 Å². The number of nitrogens with one attached hydrogen (secondary N) is 2. The maximum absolute atomic E-state index is 12.6. The van der Waals surface area contributed by atoms with Gasteiger partial charge in [-0.2, -0.15) is 10.2 Å². The molecule has 5 rings (SSSR count). The number of nitrogens with zero attached hydrogens (tertiary/aromatic N) is 4. The minimum absolute atomic E-state index is 0.0384. The molecule has 2 aliphatic rings. The molecule has 0 atom stereocenters. The Balaban J connectivity index is 1.11. The summed E-state index contributed by atoms with van der Waals surface area (Å²) in [4.78, 5) is 24.9. The van der Waals surface area contributed by atoms with Crippen molar-refractivity contribution in [1.82, 2.24) is 30.0 Å². The van der Waals surface area contributed by atoms with Crippen LogP contribution >= 0.6 is 0 Å². The number of hydrogen-bond acceptors (Lipinski definition) is 4. The van der Waals surface area contributed by atoms with E-state index in [1.807, 2.05) is 37.6 Å². The number of fused-ring (bicyclic) bond motifs is 1. The minimum atomic E-state index is -0.117. The van der Waals surface area contributed by atoms with Gasteiger partial charge < -0.3 is 10.6 Å². The summed E-state index contributed by atoms with van der Waals surface area (Å²) in [5.74, 6) is 0.483. The Kier molecular flexibility index (Phi) is 4.34. The van der Waals surface area contributed by atoms with Gasteiger partial charge >= 0.3 is 0 Å². The van der Waals surface area contributed by atoms with Gasteiger partial charge in [0.15, 0.2) is 0 Å². The second-order valence-electron chi connectivity index (χ2n) is 8.19. The smallest absolute Gasteiger partial charge is 0.255 e. The Hall–Kier alpha value is -3.16. The number of carbonyl (C=O) groups excluding carboxylic acids is 2. The fraction of sp³-hybridized carbons (Fsp3) is 0.429. The molecule has 3 aromatic heterocycles. The van der Waals surface area contributed by atoms with Crippen LogP contribution in [0.15, 0.2) is 36.9 Å². The standard InChI is InChI=1S/C21H24N6O2/c1-13-3-2-6-27-20(13)18(10-23-27)21(29)25-17-7-16(8-17)24-19(28)12-26-11-15(9-22-26)14-4-5-14/h2-3,6,9-11,14,16-17H,4-5,7-8,12H2,1H3,(H,24,28)(H,25,29). The number of aryl methyl sites for hydroxylation is 1. The van der Waals surface area contributed by atoms with Crippen LogP contribution < -0.4 is 10.6 Å². The zero-order chi connectivity index (χ0) is 20.0. The van der Waals surface area contributed by atoms with E-state index in [1.54, 1.807) is 15.4 Å². The van der Waals surface area contributed by atoms with Crippen LogP contribution in [0.2, 0.25) is 0 Å². The SMILES string of the molecule is Cc1cccn2ncc(C(=O)NC3CC(NC(=O)Cn4cc(C5CC5)cn4)C3)c12. The van der Waals surface area contributed by atoms with E-state index in [1.165, 1.54) is 18.4 Å². The molecule has 0 aromatic carbocycles. The van der Waals surface area contributed by atoms with E-state index in [0.717, 1.165) is 23.9 Å². The molecule has 3 heterocycles. The van der Waals surface area contributed by atoms with Crippen molar-refractivity contribution in [3.8, 4) is 0 Å². The third-order valence-electron chi connectivity index (χ3n) is 5.83. The molecule has 29 heavy (non-hydrogen) atoms. The van der Waals surface area contributed by atoms with E-state index in [-0.39, 0.29) is 30.4 Å². The Labute approximate surface area is 168 Å². The van der Waals surface area contributed by atoms with Crippen molar-refractivity contribution >= 4 is 17.3 Å². The third kappa shape index (κ3) is 3.62. The molecule has 8 heteroatoms. The molecule has 8 nitrogen and oxygen atoms in total. The summed E-state index contributed by atoms with van der Waals surface area (Å²) in [5.41, 5.74) is 3.66. The molecule has 0 saturated heterocycles. The van der Waals surface area contributed by atoms with Gasteiger partial charge in [0, 0.05) is 24.5 Å². The lowest BCUT2D eigenvalue weighted by molar-refractivity contribution is -0.123. The summed E-state index contributed by atoms with van der Waals surface area (Å²) >= 11 is 0. The third-order valence-corrected chi connectivity index (χ3v) is 5.83. The van der Waals surface area contributed by atoms with Crippen molar-refractivity contribution < 1.29 is 9.59 Å². The molecular formula is C21H24N6O2. The van der Waals surface area contributed by atoms with Crippen molar-refractivity contribution in [2.75, 3.05) is 0 Å². The highest BCUT2D eigenvalue weighted by Crippen LogP contribution is 2.39. The lowest BCUT2D eigenvalue weighted by Gasteiger charge is -2.36. The minimum Gasteiger partial charge on any atom is -0.352 e. The molecule has 0 aliphatic heterocycles. The molecule has 3 aromatic rings. The quantitative estimate of drug-likeness (QED) is 0.669.